The number of carboxylic acids is 1. The molecule has 2 aromatic carbocycles. The van der Waals surface area contributed by atoms with E-state index in [1.165, 1.54) is 30.3 Å². The minimum absolute atomic E-state index is 0.0318. The highest BCUT2D eigenvalue weighted by molar-refractivity contribution is 7.89. The Bertz CT molecular complexity index is 1010. The highest BCUT2D eigenvalue weighted by atomic mass is 32.2. The van der Waals surface area contributed by atoms with E-state index in [4.69, 9.17) is 5.11 Å². The van der Waals surface area contributed by atoms with Crippen LogP contribution in [0.5, 0.6) is 0 Å². The van der Waals surface area contributed by atoms with E-state index in [2.05, 4.69) is 0 Å². The quantitative estimate of drug-likeness (QED) is 0.806. The summed E-state index contributed by atoms with van der Waals surface area (Å²) in [5, 5.41) is 9.05. The van der Waals surface area contributed by atoms with E-state index in [1.54, 1.807) is 6.07 Å². The molecule has 1 aliphatic rings. The molecule has 2 aromatic rings. The Kier molecular flexibility index (Phi) is 4.83. The Hall–Kier alpha value is -2.65. The third kappa shape index (κ3) is 3.88. The van der Waals surface area contributed by atoms with Gasteiger partial charge in [0.25, 0.3) is 0 Å². The highest BCUT2D eigenvalue weighted by Crippen LogP contribution is 2.34. The molecule has 9 heteroatoms. The van der Waals surface area contributed by atoms with Gasteiger partial charge in [0.1, 0.15) is 0 Å². The SMILES string of the molecule is O=C(O)/C=C1\CN(Cc2ccc(C(F)(F)F)cc2)S(=O)(=O)c2ccccc21. The molecule has 0 spiro atoms. The number of hydrogen-bond donors (Lipinski definition) is 1. The van der Waals surface area contributed by atoms with Gasteiger partial charge in [0.2, 0.25) is 10.0 Å². The molecule has 27 heavy (non-hydrogen) atoms. The summed E-state index contributed by atoms with van der Waals surface area (Å²) in [6, 6.07) is 10.2. The lowest BCUT2D eigenvalue weighted by molar-refractivity contribution is -0.137. The van der Waals surface area contributed by atoms with E-state index >= 15 is 0 Å². The van der Waals surface area contributed by atoms with Crippen LogP contribution in [-0.4, -0.2) is 30.3 Å². The van der Waals surface area contributed by atoms with Crippen LogP contribution in [0.15, 0.2) is 59.5 Å². The zero-order chi connectivity index (χ0) is 19.8. The number of nitrogens with zero attached hydrogens (tertiary/aromatic N) is 1. The Labute approximate surface area is 153 Å². The molecule has 0 atom stereocenters. The topological polar surface area (TPSA) is 74.7 Å². The molecule has 5 nitrogen and oxygen atoms in total. The standard InChI is InChI=1S/C18H14F3NO4S/c19-18(20,21)14-7-5-12(6-8-14)10-22-11-13(9-17(23)24)15-3-1-2-4-16(15)27(22,25)26/h1-9H,10-11H2,(H,23,24)/b13-9+. The van der Waals surface area contributed by atoms with Crippen LogP contribution in [0.2, 0.25) is 0 Å². The number of alkyl halides is 3. The van der Waals surface area contributed by atoms with Crippen molar-refractivity contribution in [2.75, 3.05) is 6.54 Å². The van der Waals surface area contributed by atoms with E-state index < -0.39 is 27.7 Å². The van der Waals surface area contributed by atoms with Crippen LogP contribution in [0.25, 0.3) is 5.57 Å². The van der Waals surface area contributed by atoms with Crippen LogP contribution >= 0.6 is 0 Å². The maximum Gasteiger partial charge on any atom is 0.416 e. The van der Waals surface area contributed by atoms with Crippen molar-refractivity contribution in [1.82, 2.24) is 4.31 Å². The monoisotopic (exact) mass is 397 g/mol. The van der Waals surface area contributed by atoms with Crippen molar-refractivity contribution < 1.29 is 31.5 Å². The summed E-state index contributed by atoms with van der Waals surface area (Å²) in [7, 11) is -3.91. The molecule has 0 saturated heterocycles. The molecule has 3 rings (SSSR count). The van der Waals surface area contributed by atoms with E-state index in [-0.39, 0.29) is 18.0 Å². The molecule has 1 aliphatic heterocycles. The molecule has 0 aliphatic carbocycles. The van der Waals surface area contributed by atoms with Gasteiger partial charge in [0, 0.05) is 19.2 Å². The van der Waals surface area contributed by atoms with Gasteiger partial charge in [-0.15, -0.1) is 0 Å². The second-order valence-corrected chi connectivity index (χ2v) is 7.88. The second-order valence-electron chi connectivity index (χ2n) is 5.97. The number of rotatable bonds is 3. The predicted molar refractivity (Wildman–Crippen MR) is 91.1 cm³/mol. The van der Waals surface area contributed by atoms with E-state index in [0.717, 1.165) is 22.5 Å². The Morgan fingerprint density at radius 3 is 2.33 bits per heavy atom. The first kappa shape index (κ1) is 19.1. The molecular formula is C18H14F3NO4S. The van der Waals surface area contributed by atoms with Crippen molar-refractivity contribution in [2.45, 2.75) is 17.6 Å². The summed E-state index contributed by atoms with van der Waals surface area (Å²) in [6.45, 7) is -0.363. The first-order valence-electron chi connectivity index (χ1n) is 7.78. The van der Waals surface area contributed by atoms with E-state index in [0.29, 0.717) is 16.7 Å². The first-order chi connectivity index (χ1) is 12.6. The zero-order valence-corrected chi connectivity index (χ0v) is 14.6. The lowest BCUT2D eigenvalue weighted by atomic mass is 10.0. The molecule has 0 radical (unpaired) electrons. The van der Waals surface area contributed by atoms with Crippen LogP contribution < -0.4 is 0 Å². The Balaban J connectivity index is 1.98. The van der Waals surface area contributed by atoms with Crippen LogP contribution in [-0.2, 0) is 27.5 Å². The third-order valence-electron chi connectivity index (χ3n) is 4.14. The van der Waals surface area contributed by atoms with Gasteiger partial charge >= 0.3 is 12.1 Å². The number of hydrogen-bond acceptors (Lipinski definition) is 3. The summed E-state index contributed by atoms with van der Waals surface area (Å²) in [4.78, 5) is 11.1. The van der Waals surface area contributed by atoms with Crippen molar-refractivity contribution in [3.8, 4) is 0 Å². The predicted octanol–water partition coefficient (Wildman–Crippen LogP) is 3.38. The molecule has 1 N–H and O–H groups in total. The lowest BCUT2D eigenvalue weighted by Crippen LogP contribution is -2.36. The molecule has 142 valence electrons. The molecule has 0 saturated carbocycles. The van der Waals surface area contributed by atoms with Gasteiger partial charge in [0.05, 0.1) is 10.5 Å². The van der Waals surface area contributed by atoms with Crippen LogP contribution in [0.1, 0.15) is 16.7 Å². The minimum Gasteiger partial charge on any atom is -0.478 e. The number of aliphatic carboxylic acids is 1. The van der Waals surface area contributed by atoms with Crippen molar-refractivity contribution >= 4 is 21.6 Å². The number of fused-ring (bicyclic) bond motifs is 1. The van der Waals surface area contributed by atoms with Gasteiger partial charge in [-0.1, -0.05) is 30.3 Å². The molecule has 0 unspecified atom stereocenters. The van der Waals surface area contributed by atoms with Crippen molar-refractivity contribution in [3.63, 3.8) is 0 Å². The van der Waals surface area contributed by atoms with Gasteiger partial charge in [-0.2, -0.15) is 17.5 Å². The first-order valence-corrected chi connectivity index (χ1v) is 9.22. The van der Waals surface area contributed by atoms with Gasteiger partial charge in [0.15, 0.2) is 0 Å². The fraction of sp³-hybridized carbons (Fsp3) is 0.167. The van der Waals surface area contributed by atoms with E-state index in [1.807, 2.05) is 0 Å². The third-order valence-corrected chi connectivity index (χ3v) is 5.99. The van der Waals surface area contributed by atoms with Crippen LogP contribution in [0, 0.1) is 0 Å². The number of carboxylic acid groups (broad SMARTS) is 1. The van der Waals surface area contributed by atoms with Gasteiger partial charge in [-0.05, 0) is 34.9 Å². The average molecular weight is 397 g/mol. The number of halogens is 3. The average Bonchev–Trinajstić information content (AvgIpc) is 2.59. The number of carbonyl (C=O) groups is 1. The fourth-order valence-electron chi connectivity index (χ4n) is 2.87. The maximum absolute atomic E-state index is 12.8. The van der Waals surface area contributed by atoms with Crippen molar-refractivity contribution in [1.29, 1.82) is 0 Å². The van der Waals surface area contributed by atoms with Gasteiger partial charge in [-0.3, -0.25) is 0 Å². The molecule has 1 heterocycles. The van der Waals surface area contributed by atoms with Crippen molar-refractivity contribution in [2.24, 2.45) is 0 Å². The number of sulfonamides is 1. The molecule has 0 aromatic heterocycles. The summed E-state index contributed by atoms with van der Waals surface area (Å²) >= 11 is 0. The Morgan fingerprint density at radius 2 is 1.74 bits per heavy atom. The van der Waals surface area contributed by atoms with Crippen LogP contribution in [0.4, 0.5) is 13.2 Å². The van der Waals surface area contributed by atoms with Crippen molar-refractivity contribution in [3.05, 3.63) is 71.3 Å². The lowest BCUT2D eigenvalue weighted by Gasteiger charge is -2.30. The van der Waals surface area contributed by atoms with Crippen LogP contribution in [0.3, 0.4) is 0 Å². The summed E-state index contributed by atoms with van der Waals surface area (Å²) in [6.07, 6.45) is -3.54. The summed E-state index contributed by atoms with van der Waals surface area (Å²) < 4.78 is 64.7. The number of benzene rings is 2. The normalized spacial score (nSPS) is 18.3. The minimum atomic E-state index is -4.48. The van der Waals surface area contributed by atoms with E-state index in [9.17, 15) is 26.4 Å². The molecule has 0 bridgehead atoms. The van der Waals surface area contributed by atoms with Gasteiger partial charge in [-0.25, -0.2) is 13.2 Å². The zero-order valence-electron chi connectivity index (χ0n) is 13.8. The van der Waals surface area contributed by atoms with Gasteiger partial charge < -0.3 is 5.11 Å². The molecular weight excluding hydrogens is 383 g/mol. The fourth-order valence-corrected chi connectivity index (χ4v) is 4.51. The molecule has 0 amide bonds. The largest absolute Gasteiger partial charge is 0.478 e. The summed E-state index contributed by atoms with van der Waals surface area (Å²) in [5.41, 5.74) is 0.147. The highest BCUT2D eigenvalue weighted by Gasteiger charge is 2.34. The maximum atomic E-state index is 12.8. The second kappa shape index (κ2) is 6.82. The molecule has 0 fully saturated rings. The Morgan fingerprint density at radius 1 is 1.11 bits per heavy atom. The smallest absolute Gasteiger partial charge is 0.416 e. The summed E-state index contributed by atoms with van der Waals surface area (Å²) in [5.74, 6) is -1.21.